The topological polar surface area (TPSA) is 108 Å². The van der Waals surface area contributed by atoms with Crippen LogP contribution in [0.3, 0.4) is 0 Å². The number of anilines is 1. The van der Waals surface area contributed by atoms with E-state index in [1.54, 1.807) is 30.0 Å². The molecule has 1 atom stereocenters. The van der Waals surface area contributed by atoms with Gasteiger partial charge in [0.2, 0.25) is 0 Å². The first kappa shape index (κ1) is 26.1. The molecular weight excluding hydrogens is 531 g/mol. The van der Waals surface area contributed by atoms with Crippen LogP contribution in [0.4, 0.5) is 5.69 Å². The molecule has 3 aromatic rings. The summed E-state index contributed by atoms with van der Waals surface area (Å²) >= 11 is 3.76. The van der Waals surface area contributed by atoms with Crippen molar-refractivity contribution < 1.29 is 17.9 Å². The average Bonchev–Trinajstić information content (AvgIpc) is 3.54. The molecule has 2 aliphatic rings. The van der Waals surface area contributed by atoms with Crippen LogP contribution in [-0.2, 0) is 14.8 Å². The molecule has 1 N–H and O–H groups in total. The van der Waals surface area contributed by atoms with Gasteiger partial charge in [0.1, 0.15) is 17.4 Å². The molecule has 0 bridgehead atoms. The lowest BCUT2D eigenvalue weighted by Crippen LogP contribution is -2.37. The van der Waals surface area contributed by atoms with E-state index >= 15 is 0 Å². The molecule has 4 heterocycles. The monoisotopic (exact) mass is 559 g/mol. The van der Waals surface area contributed by atoms with E-state index in [-0.39, 0.29) is 17.4 Å². The zero-order valence-corrected chi connectivity index (χ0v) is 23.2. The standard InChI is InChI=1S/C25H29N5O4S3/c1-17(31)16-34-19-11-18-12-21(25-27-14-20(36-25)15-30-7-9-35-10-8-30)28-24(18)22(13-19)29(2)37(32,33)23-5-3-4-6-26-23/h3-6,11-13,20,28H,7-10,14-16H2,1-2H3. The summed E-state index contributed by atoms with van der Waals surface area (Å²) in [4.78, 5) is 26.3. The van der Waals surface area contributed by atoms with Gasteiger partial charge in [0, 0.05) is 61.1 Å². The molecule has 1 unspecified atom stereocenters. The number of aliphatic imine (C=N–C) groups is 1. The summed E-state index contributed by atoms with van der Waals surface area (Å²) in [5.41, 5.74) is 1.89. The van der Waals surface area contributed by atoms with E-state index in [1.165, 1.54) is 42.0 Å². The van der Waals surface area contributed by atoms with Crippen molar-refractivity contribution in [3.05, 3.63) is 48.3 Å². The molecule has 0 radical (unpaired) electrons. The van der Waals surface area contributed by atoms with Gasteiger partial charge >= 0.3 is 0 Å². The number of H-pyrrole nitrogens is 1. The van der Waals surface area contributed by atoms with E-state index in [1.807, 2.05) is 23.9 Å². The second kappa shape index (κ2) is 11.1. The number of carbonyl (C=O) groups is 1. The van der Waals surface area contributed by atoms with Crippen molar-refractivity contribution in [3.8, 4) is 5.75 Å². The molecule has 9 nitrogen and oxygen atoms in total. The number of aromatic nitrogens is 2. The van der Waals surface area contributed by atoms with Gasteiger partial charge in [-0.15, -0.1) is 0 Å². The van der Waals surface area contributed by atoms with Gasteiger partial charge < -0.3 is 14.6 Å². The summed E-state index contributed by atoms with van der Waals surface area (Å²) in [6.07, 6.45) is 1.45. The zero-order valence-electron chi connectivity index (χ0n) is 20.7. The van der Waals surface area contributed by atoms with E-state index in [0.717, 1.165) is 42.3 Å². The zero-order chi connectivity index (χ0) is 26.0. The van der Waals surface area contributed by atoms with E-state index in [0.29, 0.717) is 22.2 Å². The highest BCUT2D eigenvalue weighted by atomic mass is 32.2. The molecule has 2 aliphatic heterocycles. The quantitative estimate of drug-likeness (QED) is 0.426. The SMILES string of the molecule is CC(=O)COc1cc(N(C)S(=O)(=O)c2ccccn2)c2[nH]c(C3=NCC(CN4CCSCC4)S3)cc2c1. The summed E-state index contributed by atoms with van der Waals surface area (Å²) < 4.78 is 33.6. The highest BCUT2D eigenvalue weighted by Crippen LogP contribution is 2.36. The van der Waals surface area contributed by atoms with E-state index in [2.05, 4.69) is 14.9 Å². The van der Waals surface area contributed by atoms with Gasteiger partial charge in [0.05, 0.1) is 23.4 Å². The molecular formula is C25H29N5O4S3. The Balaban J connectivity index is 1.46. The smallest absolute Gasteiger partial charge is 0.281 e. The lowest BCUT2D eigenvalue weighted by atomic mass is 10.2. The van der Waals surface area contributed by atoms with Gasteiger partial charge in [0.15, 0.2) is 10.8 Å². The number of carbonyl (C=O) groups excluding carboxylic acids is 1. The molecule has 5 rings (SSSR count). The minimum absolute atomic E-state index is 0.0536. The van der Waals surface area contributed by atoms with Crippen molar-refractivity contribution in [1.29, 1.82) is 0 Å². The van der Waals surface area contributed by atoms with Crippen LogP contribution in [-0.4, -0.2) is 90.7 Å². The maximum absolute atomic E-state index is 13.4. The minimum Gasteiger partial charge on any atom is -0.486 e. The molecule has 1 aromatic carbocycles. The Morgan fingerprint density at radius 3 is 2.78 bits per heavy atom. The van der Waals surface area contributed by atoms with Crippen LogP contribution in [0.1, 0.15) is 12.6 Å². The summed E-state index contributed by atoms with van der Waals surface area (Å²) in [5, 5.41) is 2.03. The van der Waals surface area contributed by atoms with Crippen LogP contribution >= 0.6 is 23.5 Å². The molecule has 196 valence electrons. The number of pyridine rings is 1. The highest BCUT2D eigenvalue weighted by Gasteiger charge is 2.28. The van der Waals surface area contributed by atoms with Crippen molar-refractivity contribution in [1.82, 2.24) is 14.9 Å². The number of ketones is 1. The van der Waals surface area contributed by atoms with Crippen LogP contribution in [0.5, 0.6) is 5.75 Å². The number of ether oxygens (including phenoxy) is 1. The van der Waals surface area contributed by atoms with Crippen LogP contribution in [0.15, 0.2) is 52.6 Å². The van der Waals surface area contributed by atoms with Crippen LogP contribution in [0.2, 0.25) is 0 Å². The highest BCUT2D eigenvalue weighted by molar-refractivity contribution is 8.15. The number of hydrogen-bond acceptors (Lipinski definition) is 9. The van der Waals surface area contributed by atoms with E-state index in [4.69, 9.17) is 9.73 Å². The Morgan fingerprint density at radius 2 is 2.05 bits per heavy atom. The average molecular weight is 560 g/mol. The fourth-order valence-electron chi connectivity index (χ4n) is 4.33. The number of sulfonamides is 1. The first-order valence-corrected chi connectivity index (χ1v) is 15.5. The molecule has 12 heteroatoms. The number of nitrogens with zero attached hydrogens (tertiary/aromatic N) is 4. The molecule has 2 aromatic heterocycles. The third-order valence-electron chi connectivity index (χ3n) is 6.24. The fraction of sp³-hybridized carbons (Fsp3) is 0.400. The van der Waals surface area contributed by atoms with E-state index < -0.39 is 10.0 Å². The number of hydrogen-bond donors (Lipinski definition) is 1. The third-order valence-corrected chi connectivity index (χ3v) is 10.1. The number of fused-ring (bicyclic) bond motifs is 1. The predicted molar refractivity (Wildman–Crippen MR) is 151 cm³/mol. The predicted octanol–water partition coefficient (Wildman–Crippen LogP) is 3.27. The number of nitrogens with one attached hydrogen (secondary N) is 1. The number of benzene rings is 1. The summed E-state index contributed by atoms with van der Waals surface area (Å²) in [6.45, 7) is 5.35. The first-order chi connectivity index (χ1) is 17.8. The van der Waals surface area contributed by atoms with Crippen molar-refractivity contribution in [2.24, 2.45) is 4.99 Å². The first-order valence-electron chi connectivity index (χ1n) is 12.0. The van der Waals surface area contributed by atoms with Crippen LogP contribution in [0.25, 0.3) is 10.9 Å². The van der Waals surface area contributed by atoms with Gasteiger partial charge in [-0.1, -0.05) is 17.8 Å². The minimum atomic E-state index is -3.93. The largest absolute Gasteiger partial charge is 0.486 e. The molecule has 0 spiro atoms. The molecule has 1 saturated heterocycles. The molecule has 0 amide bonds. The molecule has 37 heavy (non-hydrogen) atoms. The van der Waals surface area contributed by atoms with Gasteiger partial charge in [-0.3, -0.25) is 14.1 Å². The molecule has 0 saturated carbocycles. The van der Waals surface area contributed by atoms with Crippen LogP contribution < -0.4 is 9.04 Å². The number of rotatable bonds is 9. The van der Waals surface area contributed by atoms with Crippen molar-refractivity contribution in [2.45, 2.75) is 17.2 Å². The van der Waals surface area contributed by atoms with Crippen molar-refractivity contribution in [2.75, 3.05) is 55.6 Å². The molecule has 0 aliphatic carbocycles. The van der Waals surface area contributed by atoms with Gasteiger partial charge in [-0.25, -0.2) is 4.98 Å². The number of Topliss-reactive ketones (excluding diaryl/α,β-unsaturated/α-hetero) is 1. The maximum Gasteiger partial charge on any atom is 0.281 e. The summed E-state index contributed by atoms with van der Waals surface area (Å²) in [6, 6.07) is 10.2. The Labute approximate surface area is 225 Å². The second-order valence-corrected chi connectivity index (χ2v) is 13.4. The van der Waals surface area contributed by atoms with Crippen molar-refractivity contribution in [3.63, 3.8) is 0 Å². The number of aromatic amines is 1. The lowest BCUT2D eigenvalue weighted by molar-refractivity contribution is -0.118. The third kappa shape index (κ3) is 5.82. The summed E-state index contributed by atoms with van der Waals surface area (Å²) in [5.74, 6) is 2.65. The van der Waals surface area contributed by atoms with Gasteiger partial charge in [0.25, 0.3) is 10.0 Å². The maximum atomic E-state index is 13.4. The second-order valence-electron chi connectivity index (χ2n) is 9.02. The Hall–Kier alpha value is -2.54. The van der Waals surface area contributed by atoms with E-state index in [9.17, 15) is 13.2 Å². The Morgan fingerprint density at radius 1 is 1.24 bits per heavy atom. The number of thioether (sulfide) groups is 2. The fourth-order valence-corrected chi connectivity index (χ4v) is 7.58. The normalized spacial score (nSPS) is 18.6. The Kier molecular flexibility index (Phi) is 7.80. The van der Waals surface area contributed by atoms with Crippen molar-refractivity contribution >= 4 is 61.0 Å². The molecule has 1 fully saturated rings. The lowest BCUT2D eigenvalue weighted by Gasteiger charge is -2.28. The Bertz CT molecular complexity index is 1420. The summed E-state index contributed by atoms with van der Waals surface area (Å²) in [7, 11) is -2.44. The van der Waals surface area contributed by atoms with Gasteiger partial charge in [-0.2, -0.15) is 20.2 Å². The van der Waals surface area contributed by atoms with Gasteiger partial charge in [-0.05, 0) is 31.2 Å². The van der Waals surface area contributed by atoms with Crippen LogP contribution in [0, 0.1) is 0 Å².